The van der Waals surface area contributed by atoms with Gasteiger partial charge in [0, 0.05) is 10.9 Å². The van der Waals surface area contributed by atoms with Gasteiger partial charge in [-0.1, -0.05) is 35.9 Å². The number of aliphatic hydroxyl groups excluding tert-OH is 1. The molecular weight excluding hydrogens is 251 g/mol. The van der Waals surface area contributed by atoms with Gasteiger partial charge in [-0.25, -0.2) is 4.39 Å². The molecule has 0 bridgehead atoms. The van der Waals surface area contributed by atoms with Gasteiger partial charge < -0.3 is 5.11 Å². The third-order valence-corrected chi connectivity index (χ3v) is 3.76. The second-order valence-corrected chi connectivity index (χ2v) is 5.04. The second kappa shape index (κ2) is 4.38. The van der Waals surface area contributed by atoms with Crippen molar-refractivity contribution in [3.8, 4) is 0 Å². The molecule has 0 radical (unpaired) electrons. The molecular formula is C15H12ClFO. The molecule has 18 heavy (non-hydrogen) atoms. The normalized spacial score (nSPS) is 21.9. The summed E-state index contributed by atoms with van der Waals surface area (Å²) < 4.78 is 13.8. The Balaban J connectivity index is 2.13. The summed E-state index contributed by atoms with van der Waals surface area (Å²) in [5.41, 5.74) is 2.41. The molecule has 0 aliphatic heterocycles. The lowest BCUT2D eigenvalue weighted by molar-refractivity contribution is 0.176. The number of hydrogen-bond acceptors (Lipinski definition) is 1. The van der Waals surface area contributed by atoms with Gasteiger partial charge in [0.1, 0.15) is 5.82 Å². The summed E-state index contributed by atoms with van der Waals surface area (Å²) in [7, 11) is 0. The zero-order valence-corrected chi connectivity index (χ0v) is 10.4. The summed E-state index contributed by atoms with van der Waals surface area (Å²) in [6, 6.07) is 12.1. The number of rotatable bonds is 1. The minimum Gasteiger partial charge on any atom is -0.388 e. The highest BCUT2D eigenvalue weighted by atomic mass is 35.5. The smallest absolute Gasteiger partial charge is 0.127 e. The maximum absolute atomic E-state index is 13.8. The first-order valence-corrected chi connectivity index (χ1v) is 6.26. The molecule has 0 saturated heterocycles. The molecule has 1 aliphatic rings. The molecule has 1 aliphatic carbocycles. The number of aliphatic hydroxyl groups is 1. The van der Waals surface area contributed by atoms with Gasteiger partial charge in [0.15, 0.2) is 0 Å². The summed E-state index contributed by atoms with van der Waals surface area (Å²) in [5, 5.41) is 10.6. The van der Waals surface area contributed by atoms with Crippen LogP contribution in [0.3, 0.4) is 0 Å². The summed E-state index contributed by atoms with van der Waals surface area (Å²) in [6.45, 7) is 0. The Labute approximate surface area is 110 Å². The summed E-state index contributed by atoms with van der Waals surface area (Å²) >= 11 is 5.99. The first-order valence-electron chi connectivity index (χ1n) is 5.88. The third kappa shape index (κ3) is 1.82. The van der Waals surface area contributed by atoms with Gasteiger partial charge in [-0.05, 0) is 41.3 Å². The largest absolute Gasteiger partial charge is 0.388 e. The maximum atomic E-state index is 13.8. The molecule has 92 valence electrons. The van der Waals surface area contributed by atoms with E-state index in [4.69, 9.17) is 11.6 Å². The Morgan fingerprint density at radius 2 is 1.83 bits per heavy atom. The Kier molecular flexibility index (Phi) is 2.84. The molecule has 0 amide bonds. The number of fused-ring (bicyclic) bond motifs is 1. The van der Waals surface area contributed by atoms with Crippen molar-refractivity contribution in [1.29, 1.82) is 0 Å². The van der Waals surface area contributed by atoms with Crippen LogP contribution in [0.4, 0.5) is 4.39 Å². The van der Waals surface area contributed by atoms with Gasteiger partial charge in [-0.3, -0.25) is 0 Å². The molecule has 1 N–H and O–H groups in total. The Morgan fingerprint density at radius 3 is 2.61 bits per heavy atom. The van der Waals surface area contributed by atoms with Crippen LogP contribution in [0.25, 0.3) is 0 Å². The average molecular weight is 263 g/mol. The Morgan fingerprint density at radius 1 is 1.06 bits per heavy atom. The molecule has 0 fully saturated rings. The van der Waals surface area contributed by atoms with Crippen LogP contribution in [0, 0.1) is 5.82 Å². The molecule has 0 unspecified atom stereocenters. The van der Waals surface area contributed by atoms with E-state index in [9.17, 15) is 9.50 Å². The van der Waals surface area contributed by atoms with Crippen molar-refractivity contribution >= 4 is 11.6 Å². The second-order valence-electron chi connectivity index (χ2n) is 4.60. The number of benzene rings is 2. The molecule has 0 heterocycles. The molecule has 2 aromatic rings. The highest BCUT2D eigenvalue weighted by molar-refractivity contribution is 6.30. The van der Waals surface area contributed by atoms with Crippen LogP contribution in [-0.2, 0) is 0 Å². The lowest BCUT2D eigenvalue weighted by Gasteiger charge is -2.12. The van der Waals surface area contributed by atoms with E-state index in [1.807, 2.05) is 18.2 Å². The summed E-state index contributed by atoms with van der Waals surface area (Å²) in [5.74, 6) is -0.350. The van der Waals surface area contributed by atoms with Gasteiger partial charge in [0.2, 0.25) is 0 Å². The third-order valence-electron chi connectivity index (χ3n) is 3.52. The highest BCUT2D eigenvalue weighted by Crippen LogP contribution is 2.45. The standard InChI is InChI=1S/C15H12ClFO/c16-9-5-6-11-12(7-9)13(8-15(11)18)10-3-1-2-4-14(10)17/h1-7,13,15,18H,8H2/t13-,15-/m0/s1. The highest BCUT2D eigenvalue weighted by Gasteiger charge is 2.32. The molecule has 3 heteroatoms. The SMILES string of the molecule is O[C@H]1C[C@@H](c2ccccc2F)c2cc(Cl)ccc21. The predicted octanol–water partition coefficient (Wildman–Crippen LogP) is 4.05. The lowest BCUT2D eigenvalue weighted by Crippen LogP contribution is -1.99. The first-order chi connectivity index (χ1) is 8.66. The van der Waals surface area contributed by atoms with Crippen LogP contribution in [0.2, 0.25) is 5.02 Å². The van der Waals surface area contributed by atoms with Crippen LogP contribution in [0.5, 0.6) is 0 Å². The molecule has 2 aromatic carbocycles. The topological polar surface area (TPSA) is 20.2 Å². The van der Waals surface area contributed by atoms with Crippen LogP contribution in [-0.4, -0.2) is 5.11 Å². The van der Waals surface area contributed by atoms with E-state index in [-0.39, 0.29) is 11.7 Å². The molecule has 0 aromatic heterocycles. The van der Waals surface area contributed by atoms with E-state index in [0.29, 0.717) is 17.0 Å². The van der Waals surface area contributed by atoms with Crippen molar-refractivity contribution in [2.24, 2.45) is 0 Å². The van der Waals surface area contributed by atoms with Gasteiger partial charge in [0.25, 0.3) is 0 Å². The van der Waals surface area contributed by atoms with Crippen molar-refractivity contribution in [2.75, 3.05) is 0 Å². The van der Waals surface area contributed by atoms with Crippen molar-refractivity contribution in [3.63, 3.8) is 0 Å². The molecule has 1 nitrogen and oxygen atoms in total. The fourth-order valence-corrected chi connectivity index (χ4v) is 2.86. The van der Waals surface area contributed by atoms with E-state index in [0.717, 1.165) is 11.1 Å². The molecule has 3 rings (SSSR count). The Hall–Kier alpha value is -1.38. The van der Waals surface area contributed by atoms with Gasteiger partial charge in [0.05, 0.1) is 6.10 Å². The van der Waals surface area contributed by atoms with Crippen molar-refractivity contribution in [2.45, 2.75) is 18.4 Å². The monoisotopic (exact) mass is 262 g/mol. The molecule has 0 spiro atoms. The molecule has 2 atom stereocenters. The van der Waals surface area contributed by atoms with Crippen molar-refractivity contribution in [1.82, 2.24) is 0 Å². The zero-order chi connectivity index (χ0) is 12.7. The fraction of sp³-hybridized carbons (Fsp3) is 0.200. The predicted molar refractivity (Wildman–Crippen MR) is 69.3 cm³/mol. The minimum absolute atomic E-state index is 0.116. The van der Waals surface area contributed by atoms with E-state index in [1.165, 1.54) is 6.07 Å². The molecule has 0 saturated carbocycles. The number of hydrogen-bond donors (Lipinski definition) is 1. The first kappa shape index (κ1) is 11.7. The van der Waals surface area contributed by atoms with Crippen LogP contribution >= 0.6 is 11.6 Å². The van der Waals surface area contributed by atoms with E-state index in [2.05, 4.69) is 0 Å². The van der Waals surface area contributed by atoms with Crippen LogP contribution in [0.15, 0.2) is 42.5 Å². The van der Waals surface area contributed by atoms with E-state index in [1.54, 1.807) is 18.2 Å². The average Bonchev–Trinajstić information content (AvgIpc) is 2.67. The Bertz CT molecular complexity index is 597. The van der Waals surface area contributed by atoms with Crippen molar-refractivity contribution < 1.29 is 9.50 Å². The van der Waals surface area contributed by atoms with E-state index >= 15 is 0 Å². The van der Waals surface area contributed by atoms with E-state index < -0.39 is 6.10 Å². The fourth-order valence-electron chi connectivity index (χ4n) is 2.68. The van der Waals surface area contributed by atoms with Crippen LogP contribution in [0.1, 0.15) is 35.1 Å². The quantitative estimate of drug-likeness (QED) is 0.822. The zero-order valence-electron chi connectivity index (χ0n) is 9.61. The maximum Gasteiger partial charge on any atom is 0.127 e. The minimum atomic E-state index is -0.540. The van der Waals surface area contributed by atoms with Gasteiger partial charge >= 0.3 is 0 Å². The van der Waals surface area contributed by atoms with Gasteiger partial charge in [-0.15, -0.1) is 0 Å². The van der Waals surface area contributed by atoms with Gasteiger partial charge in [-0.2, -0.15) is 0 Å². The van der Waals surface area contributed by atoms with Crippen molar-refractivity contribution in [3.05, 3.63) is 70.0 Å². The lowest BCUT2D eigenvalue weighted by atomic mass is 9.92. The van der Waals surface area contributed by atoms with Crippen LogP contribution < -0.4 is 0 Å². The summed E-state index contributed by atoms with van der Waals surface area (Å²) in [6.07, 6.45) is -0.0294. The number of halogens is 2. The summed E-state index contributed by atoms with van der Waals surface area (Å²) in [4.78, 5) is 0.